The summed E-state index contributed by atoms with van der Waals surface area (Å²) in [7, 11) is 0. The summed E-state index contributed by atoms with van der Waals surface area (Å²) in [6.07, 6.45) is -4.82. The van der Waals surface area contributed by atoms with Crippen molar-refractivity contribution in [3.63, 3.8) is 0 Å². The van der Waals surface area contributed by atoms with Gasteiger partial charge in [0.2, 0.25) is 5.91 Å². The fourth-order valence-electron chi connectivity index (χ4n) is 3.41. The number of aromatic nitrogens is 1. The number of halogens is 3. The van der Waals surface area contributed by atoms with E-state index in [4.69, 9.17) is 4.74 Å². The van der Waals surface area contributed by atoms with Gasteiger partial charge in [0.15, 0.2) is 5.13 Å². The standard InChI is InChI=1S/C19H20F3N5O3S/c20-19(21,22)14-10-13(26-5-7-30-8-6-26)1-2-15(14)25-16(28)9-12-11-31-18(24-12)27-4-3-23-17(27)29/h1-2,10-11H,3-9H2,(H,23,29)(H,25,28). The number of rotatable bonds is 5. The highest BCUT2D eigenvalue weighted by Crippen LogP contribution is 2.37. The zero-order valence-corrected chi connectivity index (χ0v) is 17.2. The fraction of sp³-hybridized carbons (Fsp3) is 0.421. The second-order valence-corrected chi connectivity index (χ2v) is 7.89. The second kappa shape index (κ2) is 8.71. The topological polar surface area (TPSA) is 86.8 Å². The van der Waals surface area contributed by atoms with E-state index in [9.17, 15) is 22.8 Å². The Morgan fingerprint density at radius 1 is 1.26 bits per heavy atom. The average molecular weight is 455 g/mol. The molecule has 1 aromatic carbocycles. The van der Waals surface area contributed by atoms with E-state index in [0.29, 0.717) is 55.9 Å². The van der Waals surface area contributed by atoms with Crippen molar-refractivity contribution in [3.8, 4) is 0 Å². The number of anilines is 3. The smallest absolute Gasteiger partial charge is 0.378 e. The van der Waals surface area contributed by atoms with Crippen LogP contribution in [0.25, 0.3) is 0 Å². The maximum Gasteiger partial charge on any atom is 0.418 e. The number of ether oxygens (including phenoxy) is 1. The van der Waals surface area contributed by atoms with Crippen LogP contribution < -0.4 is 20.4 Å². The second-order valence-electron chi connectivity index (χ2n) is 7.06. The predicted octanol–water partition coefficient (Wildman–Crippen LogP) is 2.71. The molecule has 2 fully saturated rings. The summed E-state index contributed by atoms with van der Waals surface area (Å²) in [4.78, 5) is 31.6. The van der Waals surface area contributed by atoms with Crippen LogP contribution in [0.4, 0.5) is 34.5 Å². The number of hydrogen-bond acceptors (Lipinski definition) is 6. The lowest BCUT2D eigenvalue weighted by molar-refractivity contribution is -0.136. The van der Waals surface area contributed by atoms with Crippen molar-refractivity contribution in [2.45, 2.75) is 12.6 Å². The van der Waals surface area contributed by atoms with Gasteiger partial charge in [-0.2, -0.15) is 13.2 Å². The fourth-order valence-corrected chi connectivity index (χ4v) is 4.26. The van der Waals surface area contributed by atoms with Gasteiger partial charge < -0.3 is 20.3 Å². The molecule has 2 N–H and O–H groups in total. The third kappa shape index (κ3) is 4.90. The maximum atomic E-state index is 13.6. The molecule has 0 spiro atoms. The van der Waals surface area contributed by atoms with Crippen molar-refractivity contribution in [1.29, 1.82) is 0 Å². The molecular formula is C19H20F3N5O3S. The molecule has 4 rings (SSSR count). The molecule has 0 saturated carbocycles. The van der Waals surface area contributed by atoms with Crippen LogP contribution in [0.1, 0.15) is 11.3 Å². The lowest BCUT2D eigenvalue weighted by Gasteiger charge is -2.29. The van der Waals surface area contributed by atoms with Gasteiger partial charge in [0.05, 0.1) is 36.6 Å². The van der Waals surface area contributed by atoms with Crippen molar-refractivity contribution >= 4 is 39.8 Å². The van der Waals surface area contributed by atoms with E-state index in [0.717, 1.165) is 6.07 Å². The Morgan fingerprint density at radius 2 is 2.03 bits per heavy atom. The van der Waals surface area contributed by atoms with E-state index < -0.39 is 17.6 Å². The molecule has 166 valence electrons. The Hall–Kier alpha value is -2.86. The van der Waals surface area contributed by atoms with Crippen LogP contribution in [0.15, 0.2) is 23.6 Å². The molecule has 1 aromatic heterocycles. The van der Waals surface area contributed by atoms with Gasteiger partial charge in [0.1, 0.15) is 0 Å². The van der Waals surface area contributed by atoms with Crippen molar-refractivity contribution in [3.05, 3.63) is 34.8 Å². The van der Waals surface area contributed by atoms with Gasteiger partial charge in [-0.1, -0.05) is 0 Å². The van der Waals surface area contributed by atoms with Crippen LogP contribution >= 0.6 is 11.3 Å². The summed E-state index contributed by atoms with van der Waals surface area (Å²) in [6.45, 7) is 2.90. The minimum Gasteiger partial charge on any atom is -0.378 e. The van der Waals surface area contributed by atoms with Crippen LogP contribution in [-0.4, -0.2) is 56.3 Å². The van der Waals surface area contributed by atoms with Crippen molar-refractivity contribution in [1.82, 2.24) is 10.3 Å². The summed E-state index contributed by atoms with van der Waals surface area (Å²) in [5.41, 5.74) is -0.390. The van der Waals surface area contributed by atoms with E-state index >= 15 is 0 Å². The van der Waals surface area contributed by atoms with Gasteiger partial charge in [0, 0.05) is 37.2 Å². The molecular weight excluding hydrogens is 435 g/mol. The monoisotopic (exact) mass is 455 g/mol. The Bertz CT molecular complexity index is 975. The molecule has 0 radical (unpaired) electrons. The number of nitrogens with one attached hydrogen (secondary N) is 2. The number of benzene rings is 1. The van der Waals surface area contributed by atoms with Crippen molar-refractivity contribution < 1.29 is 27.5 Å². The van der Waals surface area contributed by atoms with Crippen LogP contribution in [0.2, 0.25) is 0 Å². The molecule has 2 aliphatic rings. The molecule has 0 unspecified atom stereocenters. The third-order valence-electron chi connectivity index (χ3n) is 4.93. The molecule has 2 aliphatic heterocycles. The van der Waals surface area contributed by atoms with Gasteiger partial charge >= 0.3 is 12.2 Å². The maximum absolute atomic E-state index is 13.6. The van der Waals surface area contributed by atoms with Crippen LogP contribution in [-0.2, 0) is 22.1 Å². The number of alkyl halides is 3. The zero-order valence-electron chi connectivity index (χ0n) is 16.4. The number of carbonyl (C=O) groups is 2. The molecule has 0 aliphatic carbocycles. The Morgan fingerprint density at radius 3 is 2.71 bits per heavy atom. The predicted molar refractivity (Wildman–Crippen MR) is 110 cm³/mol. The quantitative estimate of drug-likeness (QED) is 0.724. The first-order chi connectivity index (χ1) is 14.8. The van der Waals surface area contributed by atoms with Gasteiger partial charge in [-0.25, -0.2) is 9.78 Å². The third-order valence-corrected chi connectivity index (χ3v) is 5.84. The number of morpholine rings is 1. The molecule has 3 amide bonds. The largest absolute Gasteiger partial charge is 0.418 e. The van der Waals surface area contributed by atoms with Crippen molar-refractivity contribution in [2.75, 3.05) is 54.5 Å². The van der Waals surface area contributed by atoms with E-state index in [1.165, 1.54) is 22.3 Å². The first-order valence-electron chi connectivity index (χ1n) is 9.65. The van der Waals surface area contributed by atoms with E-state index in [-0.39, 0.29) is 18.1 Å². The molecule has 2 aromatic rings. The van der Waals surface area contributed by atoms with Crippen LogP contribution in [0.5, 0.6) is 0 Å². The Labute approximate surface area is 180 Å². The number of nitrogens with zero attached hydrogens (tertiary/aromatic N) is 3. The minimum absolute atomic E-state index is 0.200. The number of amides is 3. The van der Waals surface area contributed by atoms with Crippen LogP contribution in [0, 0.1) is 0 Å². The number of thiazole rings is 1. The molecule has 0 bridgehead atoms. The molecule has 2 saturated heterocycles. The summed E-state index contributed by atoms with van der Waals surface area (Å²) in [6, 6.07) is 3.62. The highest BCUT2D eigenvalue weighted by molar-refractivity contribution is 7.14. The first kappa shape index (κ1) is 21.4. The van der Waals surface area contributed by atoms with Crippen LogP contribution in [0.3, 0.4) is 0 Å². The SMILES string of the molecule is O=C(Cc1csc(N2CCNC2=O)n1)Nc1ccc(N2CCOCC2)cc1C(F)(F)F. The Kier molecular flexibility index (Phi) is 6.01. The van der Waals surface area contributed by atoms with E-state index in [2.05, 4.69) is 15.6 Å². The van der Waals surface area contributed by atoms with Gasteiger partial charge in [0.25, 0.3) is 0 Å². The highest BCUT2D eigenvalue weighted by atomic mass is 32.1. The molecule has 12 heteroatoms. The van der Waals surface area contributed by atoms with E-state index in [1.54, 1.807) is 11.4 Å². The number of hydrogen-bond donors (Lipinski definition) is 2. The lowest BCUT2D eigenvalue weighted by atomic mass is 10.1. The molecule has 0 atom stereocenters. The minimum atomic E-state index is -4.62. The summed E-state index contributed by atoms with van der Waals surface area (Å²) in [5, 5.41) is 7.08. The Balaban J connectivity index is 1.47. The first-order valence-corrected chi connectivity index (χ1v) is 10.5. The zero-order chi connectivity index (χ0) is 22.0. The van der Waals surface area contributed by atoms with E-state index in [1.807, 2.05) is 4.90 Å². The molecule has 3 heterocycles. The number of carbonyl (C=O) groups excluding carboxylic acids is 2. The highest BCUT2D eigenvalue weighted by Gasteiger charge is 2.35. The van der Waals surface area contributed by atoms with Gasteiger partial charge in [-0.3, -0.25) is 9.69 Å². The summed E-state index contributed by atoms with van der Waals surface area (Å²) < 4.78 is 46.2. The van der Waals surface area contributed by atoms with Gasteiger partial charge in [-0.05, 0) is 18.2 Å². The normalized spacial score (nSPS) is 17.1. The molecule has 8 nitrogen and oxygen atoms in total. The average Bonchev–Trinajstić information content (AvgIpc) is 3.36. The number of urea groups is 1. The van der Waals surface area contributed by atoms with Crippen molar-refractivity contribution in [2.24, 2.45) is 0 Å². The van der Waals surface area contributed by atoms with Gasteiger partial charge in [-0.15, -0.1) is 11.3 Å². The molecule has 31 heavy (non-hydrogen) atoms. The summed E-state index contributed by atoms with van der Waals surface area (Å²) in [5.74, 6) is -0.618. The lowest BCUT2D eigenvalue weighted by Crippen LogP contribution is -2.36. The summed E-state index contributed by atoms with van der Waals surface area (Å²) >= 11 is 1.20.